The van der Waals surface area contributed by atoms with Crippen LogP contribution in [0.4, 0.5) is 10.1 Å². The number of carbonyl (C=O) groups is 2. The number of rotatable bonds is 9. The second-order valence-electron chi connectivity index (χ2n) is 10.6. The molecule has 0 saturated carbocycles. The van der Waals surface area contributed by atoms with Crippen molar-refractivity contribution in [1.29, 1.82) is 0 Å². The van der Waals surface area contributed by atoms with Crippen molar-refractivity contribution in [3.05, 3.63) is 95.3 Å². The Morgan fingerprint density at radius 1 is 0.923 bits per heavy atom. The van der Waals surface area contributed by atoms with E-state index >= 15 is 0 Å². The van der Waals surface area contributed by atoms with Crippen molar-refractivity contribution in [2.45, 2.75) is 64.6 Å². The first-order chi connectivity index (χ1) is 18.2. The third kappa shape index (κ3) is 7.44. The van der Waals surface area contributed by atoms with Crippen molar-refractivity contribution in [3.8, 4) is 0 Å². The standard InChI is InChI=1S/C30H36FN3O4S/c1-21-15-17-25(18-16-21)39(37,38)34(27-14-10-9-13-26(27)31)20-28(35)33(19-24-12-8-7-11-22(24)2)23(3)29(36)32-30(4,5)6/h7-18,23H,19-20H2,1-6H3,(H,32,36). The molecule has 3 rings (SSSR count). The Morgan fingerprint density at radius 2 is 1.51 bits per heavy atom. The van der Waals surface area contributed by atoms with E-state index in [0.29, 0.717) is 0 Å². The van der Waals surface area contributed by atoms with Crippen molar-refractivity contribution < 1.29 is 22.4 Å². The maximum absolute atomic E-state index is 15.0. The number of nitrogens with zero attached hydrogens (tertiary/aromatic N) is 2. The monoisotopic (exact) mass is 553 g/mol. The van der Waals surface area contributed by atoms with Crippen LogP contribution < -0.4 is 9.62 Å². The molecular weight excluding hydrogens is 517 g/mol. The van der Waals surface area contributed by atoms with Gasteiger partial charge in [0.2, 0.25) is 11.8 Å². The van der Waals surface area contributed by atoms with Crippen LogP contribution >= 0.6 is 0 Å². The minimum atomic E-state index is -4.33. The Balaban J connectivity index is 2.06. The zero-order chi connectivity index (χ0) is 29.0. The molecule has 0 saturated heterocycles. The quantitative estimate of drug-likeness (QED) is 0.405. The maximum atomic E-state index is 15.0. The lowest BCUT2D eigenvalue weighted by molar-refractivity contribution is -0.140. The van der Waals surface area contributed by atoms with Crippen LogP contribution in [-0.2, 0) is 26.2 Å². The molecule has 0 aliphatic rings. The predicted octanol–water partition coefficient (Wildman–Crippen LogP) is 4.97. The first kappa shape index (κ1) is 29.8. The maximum Gasteiger partial charge on any atom is 0.264 e. The summed E-state index contributed by atoms with van der Waals surface area (Å²) in [5.74, 6) is -1.82. The number of carbonyl (C=O) groups excluding carboxylic acids is 2. The Morgan fingerprint density at radius 3 is 2.10 bits per heavy atom. The number of halogens is 1. The summed E-state index contributed by atoms with van der Waals surface area (Å²) in [6.45, 7) is 10.2. The highest BCUT2D eigenvalue weighted by molar-refractivity contribution is 7.92. The smallest absolute Gasteiger partial charge is 0.264 e. The lowest BCUT2D eigenvalue weighted by Crippen LogP contribution is -2.54. The van der Waals surface area contributed by atoms with Gasteiger partial charge in [0.05, 0.1) is 10.6 Å². The molecule has 0 aliphatic heterocycles. The van der Waals surface area contributed by atoms with Crippen LogP contribution in [0.25, 0.3) is 0 Å². The van der Waals surface area contributed by atoms with Crippen LogP contribution in [0.15, 0.2) is 77.7 Å². The van der Waals surface area contributed by atoms with E-state index in [9.17, 15) is 22.4 Å². The number of para-hydroxylation sites is 1. The molecule has 0 spiro atoms. The average molecular weight is 554 g/mol. The lowest BCUT2D eigenvalue weighted by Gasteiger charge is -2.33. The van der Waals surface area contributed by atoms with E-state index in [1.165, 1.54) is 35.2 Å². The van der Waals surface area contributed by atoms with Gasteiger partial charge in [0.15, 0.2) is 0 Å². The molecule has 1 atom stereocenters. The van der Waals surface area contributed by atoms with E-state index in [0.717, 1.165) is 27.1 Å². The number of sulfonamides is 1. The average Bonchev–Trinajstić information content (AvgIpc) is 2.86. The number of nitrogens with one attached hydrogen (secondary N) is 1. The third-order valence-electron chi connectivity index (χ3n) is 6.28. The Hall–Kier alpha value is -3.72. The van der Waals surface area contributed by atoms with Gasteiger partial charge < -0.3 is 10.2 Å². The number of anilines is 1. The first-order valence-corrected chi connectivity index (χ1v) is 14.1. The molecule has 0 aliphatic carbocycles. The summed E-state index contributed by atoms with van der Waals surface area (Å²) < 4.78 is 43.3. The van der Waals surface area contributed by atoms with Gasteiger partial charge in [-0.25, -0.2) is 12.8 Å². The third-order valence-corrected chi connectivity index (χ3v) is 8.05. The molecule has 1 unspecified atom stereocenters. The summed E-state index contributed by atoms with van der Waals surface area (Å²) in [4.78, 5) is 28.3. The molecular formula is C30H36FN3O4S. The molecule has 7 nitrogen and oxygen atoms in total. The van der Waals surface area contributed by atoms with Crippen molar-refractivity contribution in [3.63, 3.8) is 0 Å². The van der Waals surface area contributed by atoms with Crippen LogP contribution in [0, 0.1) is 19.7 Å². The van der Waals surface area contributed by atoms with Crippen LogP contribution in [0.1, 0.15) is 44.4 Å². The van der Waals surface area contributed by atoms with Crippen LogP contribution in [0.3, 0.4) is 0 Å². The van der Waals surface area contributed by atoms with Crippen LogP contribution in [0.2, 0.25) is 0 Å². The van der Waals surface area contributed by atoms with Crippen molar-refractivity contribution in [2.75, 3.05) is 10.8 Å². The SMILES string of the molecule is Cc1ccc(S(=O)(=O)N(CC(=O)N(Cc2ccccc2C)C(C)C(=O)NC(C)(C)C)c2ccccc2F)cc1. The highest BCUT2D eigenvalue weighted by Gasteiger charge is 2.34. The number of hydrogen-bond donors (Lipinski definition) is 1. The summed E-state index contributed by atoms with van der Waals surface area (Å²) >= 11 is 0. The van der Waals surface area contributed by atoms with Gasteiger partial charge >= 0.3 is 0 Å². The molecule has 0 bridgehead atoms. The number of benzene rings is 3. The molecule has 3 aromatic rings. The molecule has 2 amide bonds. The summed E-state index contributed by atoms with van der Waals surface area (Å²) in [6.07, 6.45) is 0. The van der Waals surface area contributed by atoms with Gasteiger partial charge in [0, 0.05) is 12.1 Å². The fourth-order valence-corrected chi connectivity index (χ4v) is 5.45. The predicted molar refractivity (Wildman–Crippen MR) is 151 cm³/mol. The minimum absolute atomic E-state index is 0.0694. The van der Waals surface area contributed by atoms with E-state index in [1.54, 1.807) is 19.1 Å². The molecule has 0 aromatic heterocycles. The fraction of sp³-hybridized carbons (Fsp3) is 0.333. The molecule has 9 heteroatoms. The van der Waals surface area contributed by atoms with Gasteiger partial charge in [-0.1, -0.05) is 54.1 Å². The fourth-order valence-electron chi connectivity index (χ4n) is 4.03. The zero-order valence-corrected chi connectivity index (χ0v) is 24.0. The Kier molecular flexibility index (Phi) is 9.17. The molecule has 3 aromatic carbocycles. The van der Waals surface area contributed by atoms with Crippen molar-refractivity contribution in [1.82, 2.24) is 10.2 Å². The summed E-state index contributed by atoms with van der Waals surface area (Å²) in [5, 5.41) is 2.89. The summed E-state index contributed by atoms with van der Waals surface area (Å²) in [6, 6.07) is 18.0. The van der Waals surface area contributed by atoms with Gasteiger partial charge in [0.1, 0.15) is 18.4 Å². The van der Waals surface area contributed by atoms with Gasteiger partial charge in [-0.05, 0) is 76.9 Å². The highest BCUT2D eigenvalue weighted by atomic mass is 32.2. The molecule has 208 valence electrons. The second-order valence-corrected chi connectivity index (χ2v) is 12.5. The van der Waals surface area contributed by atoms with E-state index in [4.69, 9.17) is 0 Å². The van der Waals surface area contributed by atoms with E-state index in [1.807, 2.05) is 58.9 Å². The molecule has 39 heavy (non-hydrogen) atoms. The normalized spacial score (nSPS) is 12.5. The van der Waals surface area contributed by atoms with Gasteiger partial charge in [-0.15, -0.1) is 0 Å². The van der Waals surface area contributed by atoms with Gasteiger partial charge in [-0.2, -0.15) is 0 Å². The number of aryl methyl sites for hydroxylation is 2. The zero-order valence-electron chi connectivity index (χ0n) is 23.2. The van der Waals surface area contributed by atoms with E-state index in [2.05, 4.69) is 5.32 Å². The first-order valence-electron chi connectivity index (χ1n) is 12.7. The molecule has 1 N–H and O–H groups in total. The van der Waals surface area contributed by atoms with Crippen molar-refractivity contribution >= 4 is 27.5 Å². The van der Waals surface area contributed by atoms with Gasteiger partial charge in [0.25, 0.3) is 10.0 Å². The van der Waals surface area contributed by atoms with E-state index in [-0.39, 0.29) is 23.0 Å². The number of hydrogen-bond acceptors (Lipinski definition) is 4. The highest BCUT2D eigenvalue weighted by Crippen LogP contribution is 2.27. The lowest BCUT2D eigenvalue weighted by atomic mass is 10.1. The Labute approximate surface area is 230 Å². The molecule has 0 fully saturated rings. The largest absolute Gasteiger partial charge is 0.350 e. The van der Waals surface area contributed by atoms with Crippen LogP contribution in [-0.4, -0.2) is 43.3 Å². The summed E-state index contributed by atoms with van der Waals surface area (Å²) in [7, 11) is -4.33. The minimum Gasteiger partial charge on any atom is -0.350 e. The number of amides is 2. The molecule has 0 heterocycles. The van der Waals surface area contributed by atoms with Crippen LogP contribution in [0.5, 0.6) is 0 Å². The molecule has 0 radical (unpaired) electrons. The van der Waals surface area contributed by atoms with E-state index < -0.39 is 39.9 Å². The Bertz CT molecular complexity index is 1430. The topological polar surface area (TPSA) is 86.8 Å². The van der Waals surface area contributed by atoms with Gasteiger partial charge in [-0.3, -0.25) is 13.9 Å². The second kappa shape index (κ2) is 12.0. The van der Waals surface area contributed by atoms with Crippen molar-refractivity contribution in [2.24, 2.45) is 0 Å². The summed E-state index contributed by atoms with van der Waals surface area (Å²) in [5.41, 5.74) is 1.77.